The molecular weight excluding hydrogens is 536 g/mol. The predicted octanol–water partition coefficient (Wildman–Crippen LogP) is 5.68. The van der Waals surface area contributed by atoms with Crippen LogP contribution in [-0.4, -0.2) is 62.2 Å². The van der Waals surface area contributed by atoms with E-state index in [4.69, 9.17) is 15.0 Å². The summed E-state index contributed by atoms with van der Waals surface area (Å²) in [7, 11) is 0. The van der Waals surface area contributed by atoms with Crippen LogP contribution in [0.4, 0.5) is 5.82 Å². The van der Waals surface area contributed by atoms with E-state index in [1.807, 2.05) is 44.2 Å². The van der Waals surface area contributed by atoms with E-state index in [-0.39, 0.29) is 5.82 Å². The first-order valence-electron chi connectivity index (χ1n) is 14.8. The maximum Gasteiger partial charge on any atom is 0.234 e. The van der Waals surface area contributed by atoms with Gasteiger partial charge in [-0.15, -0.1) is 0 Å². The lowest BCUT2D eigenvalue weighted by molar-refractivity contribution is 0.249. The Balaban J connectivity index is 0.00000161. The Bertz CT molecular complexity index is 1720. The standard InChI is InChI=1S/C32H28N8O.C2H6/c33-21-27-34-14-12-28(36-27)39-17-15-38(16-18-39)22-23-8-10-24(11-9-23)29-30(25-5-2-1-3-6-25)40-19-20-41-32-26(31(40)37-29)7-4-13-35-32;1-2/h1-14H,15-20,22H2;1-2H3. The summed E-state index contributed by atoms with van der Waals surface area (Å²) < 4.78 is 8.22. The van der Waals surface area contributed by atoms with E-state index in [0.717, 1.165) is 72.4 Å². The van der Waals surface area contributed by atoms with E-state index in [1.54, 1.807) is 12.4 Å². The molecule has 43 heavy (non-hydrogen) atoms. The number of imidazole rings is 1. The van der Waals surface area contributed by atoms with E-state index in [1.165, 1.54) is 5.56 Å². The molecule has 7 rings (SSSR count). The fourth-order valence-electron chi connectivity index (χ4n) is 5.62. The molecule has 3 aromatic heterocycles. The van der Waals surface area contributed by atoms with Gasteiger partial charge in [0, 0.05) is 56.2 Å². The number of hydrogen-bond acceptors (Lipinski definition) is 8. The Morgan fingerprint density at radius 2 is 1.58 bits per heavy atom. The molecule has 1 fully saturated rings. The van der Waals surface area contributed by atoms with Gasteiger partial charge < -0.3 is 14.2 Å². The first-order valence-corrected chi connectivity index (χ1v) is 14.8. The van der Waals surface area contributed by atoms with Gasteiger partial charge in [0.05, 0.1) is 23.5 Å². The number of anilines is 1. The van der Waals surface area contributed by atoms with Crippen molar-refractivity contribution in [1.82, 2.24) is 29.4 Å². The topological polar surface area (TPSA) is 96.0 Å². The Morgan fingerprint density at radius 3 is 2.35 bits per heavy atom. The Hall–Kier alpha value is -5.07. The Labute approximate surface area is 252 Å². The van der Waals surface area contributed by atoms with Crippen LogP contribution in [-0.2, 0) is 13.1 Å². The van der Waals surface area contributed by atoms with E-state index < -0.39 is 0 Å². The van der Waals surface area contributed by atoms with Gasteiger partial charge in [0.2, 0.25) is 11.7 Å². The summed E-state index contributed by atoms with van der Waals surface area (Å²) >= 11 is 0. The zero-order valence-electron chi connectivity index (χ0n) is 24.5. The molecule has 0 aliphatic carbocycles. The fraction of sp³-hybridized carbons (Fsp3) is 0.265. The minimum Gasteiger partial charge on any atom is -0.475 e. The van der Waals surface area contributed by atoms with Crippen molar-refractivity contribution >= 4 is 5.82 Å². The Kier molecular flexibility index (Phi) is 8.38. The largest absolute Gasteiger partial charge is 0.475 e. The molecule has 9 nitrogen and oxygen atoms in total. The van der Waals surface area contributed by atoms with Gasteiger partial charge in [0.1, 0.15) is 24.3 Å². The lowest BCUT2D eigenvalue weighted by Crippen LogP contribution is -2.46. The summed E-state index contributed by atoms with van der Waals surface area (Å²) in [5.41, 5.74) is 6.44. The molecule has 0 N–H and O–H groups in total. The molecule has 2 aliphatic rings. The monoisotopic (exact) mass is 570 g/mol. The van der Waals surface area contributed by atoms with Crippen molar-refractivity contribution in [1.29, 1.82) is 5.26 Å². The minimum atomic E-state index is 0.212. The first kappa shape index (κ1) is 28.1. The molecule has 9 heteroatoms. The molecule has 0 amide bonds. The van der Waals surface area contributed by atoms with Crippen molar-refractivity contribution in [3.05, 3.63) is 96.6 Å². The summed E-state index contributed by atoms with van der Waals surface area (Å²) in [6.07, 6.45) is 3.41. The quantitative estimate of drug-likeness (QED) is 0.266. The van der Waals surface area contributed by atoms with Gasteiger partial charge in [0.15, 0.2) is 0 Å². The molecule has 0 saturated carbocycles. The molecule has 2 aliphatic heterocycles. The molecule has 2 aromatic carbocycles. The second kappa shape index (κ2) is 12.8. The van der Waals surface area contributed by atoms with Crippen LogP contribution in [0.1, 0.15) is 25.2 Å². The second-order valence-corrected chi connectivity index (χ2v) is 10.2. The maximum absolute atomic E-state index is 9.11. The van der Waals surface area contributed by atoms with Crippen LogP contribution >= 0.6 is 0 Å². The zero-order chi connectivity index (χ0) is 29.6. The second-order valence-electron chi connectivity index (χ2n) is 10.2. The highest BCUT2D eigenvalue weighted by Gasteiger charge is 2.26. The molecule has 5 heterocycles. The average Bonchev–Trinajstić information content (AvgIpc) is 3.36. The summed E-state index contributed by atoms with van der Waals surface area (Å²) in [4.78, 5) is 22.7. The number of hydrogen-bond donors (Lipinski definition) is 0. The predicted molar refractivity (Wildman–Crippen MR) is 167 cm³/mol. The molecule has 5 aromatic rings. The number of ether oxygens (including phenoxy) is 1. The third kappa shape index (κ3) is 5.83. The van der Waals surface area contributed by atoms with E-state index >= 15 is 0 Å². The minimum absolute atomic E-state index is 0.212. The molecule has 1 saturated heterocycles. The molecule has 0 atom stereocenters. The highest BCUT2D eigenvalue weighted by atomic mass is 16.5. The smallest absolute Gasteiger partial charge is 0.234 e. The van der Waals surface area contributed by atoms with Crippen LogP contribution in [0.25, 0.3) is 33.9 Å². The van der Waals surface area contributed by atoms with Crippen molar-refractivity contribution in [2.45, 2.75) is 26.9 Å². The van der Waals surface area contributed by atoms with Gasteiger partial charge in [-0.1, -0.05) is 68.4 Å². The van der Waals surface area contributed by atoms with Crippen LogP contribution in [0.15, 0.2) is 85.2 Å². The summed E-state index contributed by atoms with van der Waals surface area (Å²) in [6, 6.07) is 27.1. The van der Waals surface area contributed by atoms with Crippen LogP contribution in [0.3, 0.4) is 0 Å². The molecule has 0 bridgehead atoms. The van der Waals surface area contributed by atoms with Gasteiger partial charge in [-0.05, 0) is 23.8 Å². The van der Waals surface area contributed by atoms with Crippen molar-refractivity contribution in [2.75, 3.05) is 37.7 Å². The van der Waals surface area contributed by atoms with Gasteiger partial charge in [0.25, 0.3) is 0 Å². The third-order valence-electron chi connectivity index (χ3n) is 7.65. The number of nitrogens with zero attached hydrogens (tertiary/aromatic N) is 8. The van der Waals surface area contributed by atoms with Crippen LogP contribution in [0.2, 0.25) is 0 Å². The molecule has 0 spiro atoms. The van der Waals surface area contributed by atoms with Gasteiger partial charge in [-0.3, -0.25) is 4.90 Å². The molecule has 0 radical (unpaired) electrons. The third-order valence-corrected chi connectivity index (χ3v) is 7.65. The number of piperazine rings is 1. The van der Waals surface area contributed by atoms with Gasteiger partial charge in [-0.25, -0.2) is 19.9 Å². The lowest BCUT2D eigenvalue weighted by Gasteiger charge is -2.35. The Morgan fingerprint density at radius 1 is 0.791 bits per heavy atom. The number of rotatable bonds is 5. The lowest BCUT2D eigenvalue weighted by atomic mass is 10.0. The number of pyridine rings is 1. The average molecular weight is 571 g/mol. The zero-order valence-corrected chi connectivity index (χ0v) is 24.5. The van der Waals surface area contributed by atoms with E-state index in [9.17, 15) is 0 Å². The summed E-state index contributed by atoms with van der Waals surface area (Å²) in [5, 5.41) is 9.11. The number of aromatic nitrogens is 5. The van der Waals surface area contributed by atoms with E-state index in [0.29, 0.717) is 19.0 Å². The van der Waals surface area contributed by atoms with Crippen LogP contribution in [0.5, 0.6) is 5.88 Å². The highest BCUT2D eigenvalue weighted by molar-refractivity contribution is 5.83. The summed E-state index contributed by atoms with van der Waals surface area (Å²) in [5.74, 6) is 2.54. The van der Waals surface area contributed by atoms with Crippen LogP contribution < -0.4 is 9.64 Å². The van der Waals surface area contributed by atoms with E-state index in [2.05, 4.69) is 77.8 Å². The summed E-state index contributed by atoms with van der Waals surface area (Å²) in [6.45, 7) is 9.68. The highest BCUT2D eigenvalue weighted by Crippen LogP contribution is 2.39. The van der Waals surface area contributed by atoms with Gasteiger partial charge in [-0.2, -0.15) is 5.26 Å². The first-order chi connectivity index (χ1) is 21.3. The number of benzene rings is 2. The SMILES string of the molecule is CC.N#Cc1nccc(N2CCN(Cc3ccc(-c4nc5n(c4-c4ccccc4)CCOc4ncccc4-5)cc3)CC2)n1. The van der Waals surface area contributed by atoms with Crippen molar-refractivity contribution in [3.63, 3.8) is 0 Å². The van der Waals surface area contributed by atoms with Crippen LogP contribution in [0, 0.1) is 11.3 Å². The molecule has 216 valence electrons. The fourth-order valence-corrected chi connectivity index (χ4v) is 5.62. The van der Waals surface area contributed by atoms with Crippen molar-refractivity contribution in [2.24, 2.45) is 0 Å². The molecule has 0 unspecified atom stereocenters. The maximum atomic E-state index is 9.11. The number of fused-ring (bicyclic) bond motifs is 3. The normalized spacial score (nSPS) is 14.3. The van der Waals surface area contributed by atoms with Crippen molar-refractivity contribution < 1.29 is 4.74 Å². The van der Waals surface area contributed by atoms with Gasteiger partial charge >= 0.3 is 0 Å². The number of nitriles is 1. The molecular formula is C34H34N8O. The van der Waals surface area contributed by atoms with Crippen molar-refractivity contribution in [3.8, 4) is 45.9 Å².